The van der Waals surface area contributed by atoms with Crippen molar-refractivity contribution < 1.29 is 4.74 Å². The Balaban J connectivity index is 1.91. The van der Waals surface area contributed by atoms with E-state index in [2.05, 4.69) is 22.0 Å². The number of benzene rings is 1. The normalized spacial score (nSPS) is 16.2. The maximum absolute atomic E-state index is 6.10. The number of hydrogen-bond acceptors (Lipinski definition) is 3. The van der Waals surface area contributed by atoms with Crippen molar-refractivity contribution in [2.45, 2.75) is 13.5 Å². The molecule has 1 saturated heterocycles. The van der Waals surface area contributed by atoms with Crippen molar-refractivity contribution in [1.29, 1.82) is 0 Å². The van der Waals surface area contributed by atoms with E-state index < -0.39 is 0 Å². The zero-order chi connectivity index (χ0) is 17.4. The lowest BCUT2D eigenvalue weighted by Crippen LogP contribution is -2.40. The SMILES string of the molecule is CCNC(=NCCN1CCOCC1)N(C)Cc1ccc(Cl)c(Cl)c1. The Bertz CT molecular complexity index is 547. The summed E-state index contributed by atoms with van der Waals surface area (Å²) in [5.74, 6) is 0.900. The fraction of sp³-hybridized carbons (Fsp3) is 0.588. The van der Waals surface area contributed by atoms with E-state index in [9.17, 15) is 0 Å². The number of nitrogens with zero attached hydrogens (tertiary/aromatic N) is 3. The Morgan fingerprint density at radius 2 is 2.04 bits per heavy atom. The van der Waals surface area contributed by atoms with Crippen molar-refractivity contribution in [2.24, 2.45) is 4.99 Å². The summed E-state index contributed by atoms with van der Waals surface area (Å²) in [6, 6.07) is 5.72. The predicted molar refractivity (Wildman–Crippen MR) is 101 cm³/mol. The van der Waals surface area contributed by atoms with E-state index in [0.717, 1.165) is 64.0 Å². The lowest BCUT2D eigenvalue weighted by atomic mass is 10.2. The Hall–Kier alpha value is -1.01. The molecule has 0 saturated carbocycles. The first kappa shape index (κ1) is 19.3. The summed E-state index contributed by atoms with van der Waals surface area (Å²) in [6.07, 6.45) is 0. The zero-order valence-corrected chi connectivity index (χ0v) is 15.9. The van der Waals surface area contributed by atoms with Crippen LogP contribution in [0.4, 0.5) is 0 Å². The van der Waals surface area contributed by atoms with Gasteiger partial charge in [0, 0.05) is 39.8 Å². The highest BCUT2D eigenvalue weighted by Gasteiger charge is 2.11. The van der Waals surface area contributed by atoms with Crippen LogP contribution in [0.2, 0.25) is 10.0 Å². The quantitative estimate of drug-likeness (QED) is 0.615. The van der Waals surface area contributed by atoms with Crippen molar-refractivity contribution in [3.63, 3.8) is 0 Å². The van der Waals surface area contributed by atoms with Gasteiger partial charge in [0.2, 0.25) is 0 Å². The van der Waals surface area contributed by atoms with Gasteiger partial charge in [-0.2, -0.15) is 0 Å². The lowest BCUT2D eigenvalue weighted by Gasteiger charge is -2.26. The molecule has 5 nitrogen and oxygen atoms in total. The Morgan fingerprint density at radius 1 is 1.29 bits per heavy atom. The molecule has 0 spiro atoms. The van der Waals surface area contributed by atoms with E-state index in [-0.39, 0.29) is 0 Å². The third-order valence-electron chi connectivity index (χ3n) is 3.88. The van der Waals surface area contributed by atoms with Gasteiger partial charge in [-0.1, -0.05) is 29.3 Å². The summed E-state index contributed by atoms with van der Waals surface area (Å²) >= 11 is 12.1. The molecule has 2 rings (SSSR count). The fourth-order valence-electron chi connectivity index (χ4n) is 2.58. The number of guanidine groups is 1. The smallest absolute Gasteiger partial charge is 0.194 e. The van der Waals surface area contributed by atoms with Crippen LogP contribution in [-0.2, 0) is 11.3 Å². The molecule has 1 aliphatic heterocycles. The van der Waals surface area contributed by atoms with Crippen LogP contribution in [-0.4, -0.2) is 68.7 Å². The summed E-state index contributed by atoms with van der Waals surface area (Å²) in [6.45, 7) is 8.98. The van der Waals surface area contributed by atoms with Crippen molar-refractivity contribution in [2.75, 3.05) is 53.0 Å². The molecule has 0 aromatic heterocycles. The standard InChI is InChI=1S/C17H26Cl2N4O/c1-3-20-17(21-6-7-23-8-10-24-11-9-23)22(2)13-14-4-5-15(18)16(19)12-14/h4-5,12H,3,6-11,13H2,1-2H3,(H,20,21). The Morgan fingerprint density at radius 3 is 2.71 bits per heavy atom. The molecule has 0 atom stereocenters. The summed E-state index contributed by atoms with van der Waals surface area (Å²) in [4.78, 5) is 9.22. The summed E-state index contributed by atoms with van der Waals surface area (Å²) in [5, 5.41) is 4.50. The van der Waals surface area contributed by atoms with Gasteiger partial charge in [0.15, 0.2) is 5.96 Å². The average Bonchev–Trinajstić information content (AvgIpc) is 2.58. The van der Waals surface area contributed by atoms with Gasteiger partial charge in [0.25, 0.3) is 0 Å². The van der Waals surface area contributed by atoms with Gasteiger partial charge in [-0.05, 0) is 24.6 Å². The first-order valence-corrected chi connectivity index (χ1v) is 9.09. The molecular weight excluding hydrogens is 347 g/mol. The minimum Gasteiger partial charge on any atom is -0.379 e. The number of hydrogen-bond donors (Lipinski definition) is 1. The monoisotopic (exact) mass is 372 g/mol. The van der Waals surface area contributed by atoms with E-state index in [1.54, 1.807) is 0 Å². The third-order valence-corrected chi connectivity index (χ3v) is 4.62. The molecule has 0 aliphatic carbocycles. The second-order valence-electron chi connectivity index (χ2n) is 5.79. The van der Waals surface area contributed by atoms with E-state index in [1.807, 2.05) is 25.2 Å². The molecule has 1 N–H and O–H groups in total. The number of morpholine rings is 1. The van der Waals surface area contributed by atoms with E-state index in [4.69, 9.17) is 32.9 Å². The number of ether oxygens (including phenoxy) is 1. The molecular formula is C17H26Cl2N4O. The van der Waals surface area contributed by atoms with Crippen LogP contribution >= 0.6 is 23.2 Å². The van der Waals surface area contributed by atoms with Crippen molar-refractivity contribution in [3.05, 3.63) is 33.8 Å². The number of aliphatic imine (C=N–C) groups is 1. The van der Waals surface area contributed by atoms with Crippen molar-refractivity contribution in [3.8, 4) is 0 Å². The minimum atomic E-state index is 0.578. The van der Waals surface area contributed by atoms with Gasteiger partial charge in [0.05, 0.1) is 29.8 Å². The van der Waals surface area contributed by atoms with E-state index in [0.29, 0.717) is 10.0 Å². The van der Waals surface area contributed by atoms with Gasteiger partial charge in [-0.15, -0.1) is 0 Å². The highest BCUT2D eigenvalue weighted by atomic mass is 35.5. The van der Waals surface area contributed by atoms with Crippen LogP contribution in [0.1, 0.15) is 12.5 Å². The second-order valence-corrected chi connectivity index (χ2v) is 6.61. The summed E-state index contributed by atoms with van der Waals surface area (Å²) < 4.78 is 5.37. The summed E-state index contributed by atoms with van der Waals surface area (Å²) in [5.41, 5.74) is 1.10. The number of rotatable bonds is 6. The Kier molecular flexibility index (Phi) is 8.12. The average molecular weight is 373 g/mol. The van der Waals surface area contributed by atoms with Gasteiger partial charge < -0.3 is 15.0 Å². The van der Waals surface area contributed by atoms with Crippen LogP contribution < -0.4 is 5.32 Å². The second kappa shape index (κ2) is 10.1. The van der Waals surface area contributed by atoms with Crippen LogP contribution in [0.3, 0.4) is 0 Å². The fourth-order valence-corrected chi connectivity index (χ4v) is 2.90. The maximum atomic E-state index is 6.10. The van der Waals surface area contributed by atoms with Crippen LogP contribution in [0.15, 0.2) is 23.2 Å². The molecule has 0 radical (unpaired) electrons. The largest absolute Gasteiger partial charge is 0.379 e. The predicted octanol–water partition coefficient (Wildman–Crippen LogP) is 2.72. The highest BCUT2D eigenvalue weighted by molar-refractivity contribution is 6.42. The summed E-state index contributed by atoms with van der Waals surface area (Å²) in [7, 11) is 2.03. The van der Waals surface area contributed by atoms with E-state index in [1.165, 1.54) is 0 Å². The molecule has 0 bridgehead atoms. The molecule has 1 fully saturated rings. The lowest BCUT2D eigenvalue weighted by molar-refractivity contribution is 0.0394. The number of halogens is 2. The van der Waals surface area contributed by atoms with Crippen molar-refractivity contribution in [1.82, 2.24) is 15.1 Å². The highest BCUT2D eigenvalue weighted by Crippen LogP contribution is 2.23. The first-order chi connectivity index (χ1) is 11.6. The minimum absolute atomic E-state index is 0.578. The molecule has 134 valence electrons. The number of nitrogens with one attached hydrogen (secondary N) is 1. The van der Waals surface area contributed by atoms with Gasteiger partial charge in [0.1, 0.15) is 0 Å². The van der Waals surface area contributed by atoms with E-state index >= 15 is 0 Å². The maximum Gasteiger partial charge on any atom is 0.194 e. The molecule has 1 heterocycles. The molecule has 7 heteroatoms. The van der Waals surface area contributed by atoms with Crippen molar-refractivity contribution >= 4 is 29.2 Å². The molecule has 1 aromatic rings. The van der Waals surface area contributed by atoms with Crippen LogP contribution in [0.5, 0.6) is 0 Å². The topological polar surface area (TPSA) is 40.1 Å². The third kappa shape index (κ3) is 6.13. The van der Waals surface area contributed by atoms with Crippen LogP contribution in [0.25, 0.3) is 0 Å². The van der Waals surface area contributed by atoms with Gasteiger partial charge >= 0.3 is 0 Å². The molecule has 0 unspecified atom stereocenters. The van der Waals surface area contributed by atoms with Crippen LogP contribution in [0, 0.1) is 0 Å². The Labute approximate surface area is 154 Å². The first-order valence-electron chi connectivity index (χ1n) is 8.33. The van der Waals surface area contributed by atoms with Gasteiger partial charge in [-0.25, -0.2) is 0 Å². The molecule has 1 aliphatic rings. The van der Waals surface area contributed by atoms with Gasteiger partial charge in [-0.3, -0.25) is 9.89 Å². The molecule has 1 aromatic carbocycles. The molecule has 0 amide bonds. The molecule has 24 heavy (non-hydrogen) atoms. The zero-order valence-electron chi connectivity index (χ0n) is 14.4.